The van der Waals surface area contributed by atoms with Crippen LogP contribution in [-0.4, -0.2) is 43.2 Å². The molecule has 9 heteroatoms. The highest BCUT2D eigenvalue weighted by molar-refractivity contribution is 6.06. The summed E-state index contributed by atoms with van der Waals surface area (Å²) >= 11 is 0. The second-order valence-corrected chi connectivity index (χ2v) is 7.15. The lowest BCUT2D eigenvalue weighted by atomic mass is 9.93. The van der Waals surface area contributed by atoms with Crippen molar-refractivity contribution in [3.8, 4) is 17.0 Å². The molecular weight excluding hydrogens is 406 g/mol. The molecule has 3 heterocycles. The Morgan fingerprint density at radius 1 is 1.23 bits per heavy atom. The molecule has 0 saturated carbocycles. The van der Waals surface area contributed by atoms with E-state index in [4.69, 9.17) is 9.47 Å². The number of para-hydroxylation sites is 1. The smallest absolute Gasteiger partial charge is 0.255 e. The van der Waals surface area contributed by atoms with Gasteiger partial charge in [0.05, 0.1) is 35.9 Å². The summed E-state index contributed by atoms with van der Waals surface area (Å²) in [6.45, 7) is 0.926. The number of H-pyrrole nitrogens is 1. The van der Waals surface area contributed by atoms with Gasteiger partial charge in [-0.15, -0.1) is 0 Å². The van der Waals surface area contributed by atoms with E-state index in [-0.39, 0.29) is 23.1 Å². The van der Waals surface area contributed by atoms with Gasteiger partial charge in [-0.25, -0.2) is 8.78 Å². The first-order chi connectivity index (χ1) is 15.0. The fourth-order valence-electron chi connectivity index (χ4n) is 3.83. The molecule has 0 spiro atoms. The van der Waals surface area contributed by atoms with Crippen LogP contribution < -0.4 is 15.4 Å². The molecule has 7 nitrogen and oxygen atoms in total. The van der Waals surface area contributed by atoms with Crippen molar-refractivity contribution < 1.29 is 23.0 Å². The van der Waals surface area contributed by atoms with E-state index in [9.17, 15) is 13.6 Å². The van der Waals surface area contributed by atoms with Crippen molar-refractivity contribution in [2.75, 3.05) is 32.7 Å². The summed E-state index contributed by atoms with van der Waals surface area (Å²) in [6.07, 6.45) is 3.22. The zero-order valence-electron chi connectivity index (χ0n) is 17.1. The molecule has 0 radical (unpaired) electrons. The van der Waals surface area contributed by atoms with Crippen molar-refractivity contribution in [3.63, 3.8) is 0 Å². The van der Waals surface area contributed by atoms with E-state index in [0.717, 1.165) is 6.20 Å². The number of fused-ring (bicyclic) bond motifs is 1. The number of aromatic nitrogens is 2. The molecule has 1 atom stereocenters. The van der Waals surface area contributed by atoms with Crippen LogP contribution in [0.1, 0.15) is 28.4 Å². The third-order valence-corrected chi connectivity index (χ3v) is 5.32. The first-order valence-electron chi connectivity index (χ1n) is 9.77. The number of carbonyl (C=O) groups is 1. The zero-order valence-corrected chi connectivity index (χ0v) is 17.1. The zero-order chi connectivity index (χ0) is 22.0. The summed E-state index contributed by atoms with van der Waals surface area (Å²) in [5, 5.41) is 5.98. The van der Waals surface area contributed by atoms with Gasteiger partial charge in [0.2, 0.25) is 0 Å². The Morgan fingerprint density at radius 2 is 2.06 bits per heavy atom. The number of hydrogen-bond donors (Lipinski definition) is 3. The second-order valence-electron chi connectivity index (χ2n) is 7.15. The lowest BCUT2D eigenvalue weighted by molar-refractivity contribution is 0.0935. The molecule has 0 aliphatic carbocycles. The fraction of sp³-hybridized carbons (Fsp3) is 0.273. The van der Waals surface area contributed by atoms with Gasteiger partial charge >= 0.3 is 0 Å². The molecule has 31 heavy (non-hydrogen) atoms. The Kier molecular flexibility index (Phi) is 5.85. The molecule has 0 bridgehead atoms. The van der Waals surface area contributed by atoms with E-state index in [2.05, 4.69) is 20.6 Å². The third kappa shape index (κ3) is 3.84. The largest absolute Gasteiger partial charge is 0.492 e. The van der Waals surface area contributed by atoms with Gasteiger partial charge < -0.3 is 25.1 Å². The highest BCUT2D eigenvalue weighted by Gasteiger charge is 2.33. The molecule has 1 amide bonds. The van der Waals surface area contributed by atoms with Gasteiger partial charge in [-0.2, -0.15) is 0 Å². The first kappa shape index (κ1) is 20.8. The molecule has 0 unspecified atom stereocenters. The van der Waals surface area contributed by atoms with Crippen LogP contribution in [0.3, 0.4) is 0 Å². The average Bonchev–Trinajstić information content (AvgIpc) is 3.14. The lowest BCUT2D eigenvalue weighted by Gasteiger charge is -2.23. The van der Waals surface area contributed by atoms with Crippen LogP contribution in [0.25, 0.3) is 11.3 Å². The number of hydrogen-bond acceptors (Lipinski definition) is 5. The Bertz CT molecular complexity index is 1120. The first-order valence-corrected chi connectivity index (χ1v) is 9.77. The Morgan fingerprint density at radius 3 is 2.81 bits per heavy atom. The third-order valence-electron chi connectivity index (χ3n) is 5.32. The van der Waals surface area contributed by atoms with E-state index in [1.165, 1.54) is 31.5 Å². The van der Waals surface area contributed by atoms with Crippen LogP contribution >= 0.6 is 0 Å². The van der Waals surface area contributed by atoms with Crippen LogP contribution in [0.5, 0.6) is 5.75 Å². The van der Waals surface area contributed by atoms with Crippen LogP contribution in [0, 0.1) is 11.6 Å². The molecule has 162 valence electrons. The normalized spacial score (nSPS) is 15.4. The summed E-state index contributed by atoms with van der Waals surface area (Å²) < 4.78 is 39.3. The fourth-order valence-corrected chi connectivity index (χ4v) is 3.83. The highest BCUT2D eigenvalue weighted by atomic mass is 19.1. The summed E-state index contributed by atoms with van der Waals surface area (Å²) in [5.74, 6) is -1.48. The minimum Gasteiger partial charge on any atom is -0.492 e. The van der Waals surface area contributed by atoms with Crippen LogP contribution in [0.2, 0.25) is 0 Å². The summed E-state index contributed by atoms with van der Waals surface area (Å²) in [4.78, 5) is 19.9. The number of halogens is 2. The van der Waals surface area contributed by atoms with Gasteiger partial charge in [-0.05, 0) is 24.6 Å². The van der Waals surface area contributed by atoms with Crippen LogP contribution in [-0.2, 0) is 4.74 Å². The van der Waals surface area contributed by atoms with Crippen LogP contribution in [0.15, 0.2) is 36.7 Å². The average molecular weight is 428 g/mol. The van der Waals surface area contributed by atoms with Gasteiger partial charge in [0.25, 0.3) is 5.91 Å². The summed E-state index contributed by atoms with van der Waals surface area (Å²) in [5.41, 5.74) is 2.28. The Labute approximate surface area is 177 Å². The number of amides is 1. The maximum Gasteiger partial charge on any atom is 0.255 e. The predicted octanol–water partition coefficient (Wildman–Crippen LogP) is 3.97. The number of nitrogens with one attached hydrogen (secondary N) is 3. The van der Waals surface area contributed by atoms with Gasteiger partial charge in [-0.3, -0.25) is 9.78 Å². The molecule has 4 rings (SSSR count). The lowest BCUT2D eigenvalue weighted by Crippen LogP contribution is -2.35. The van der Waals surface area contributed by atoms with Crippen molar-refractivity contribution in [2.45, 2.75) is 12.3 Å². The summed E-state index contributed by atoms with van der Waals surface area (Å²) in [6, 6.07) is 5.93. The number of pyridine rings is 1. The molecule has 1 aromatic carbocycles. The van der Waals surface area contributed by atoms with E-state index < -0.39 is 11.6 Å². The van der Waals surface area contributed by atoms with Crippen molar-refractivity contribution in [1.29, 1.82) is 0 Å². The number of aromatic amines is 1. The molecule has 2 aromatic heterocycles. The van der Waals surface area contributed by atoms with E-state index in [0.29, 0.717) is 47.9 Å². The van der Waals surface area contributed by atoms with Gasteiger partial charge in [0.15, 0.2) is 17.4 Å². The number of ether oxygens (including phenoxy) is 2. The molecule has 1 aliphatic rings. The topological polar surface area (TPSA) is 88.3 Å². The number of benzene rings is 1. The number of rotatable bonds is 7. The maximum atomic E-state index is 14.6. The summed E-state index contributed by atoms with van der Waals surface area (Å²) in [7, 11) is 2.96. The van der Waals surface area contributed by atoms with Gasteiger partial charge in [0.1, 0.15) is 0 Å². The predicted molar refractivity (Wildman–Crippen MR) is 112 cm³/mol. The quantitative estimate of drug-likeness (QED) is 0.530. The standard InChI is InChI=1S/C22H22F2N4O3/c1-30-9-7-12-10-26-22(29)17-18(12)28-19(13-6-8-25-11-15(13)24)20(17)27-16-5-3-4-14(23)21(16)31-2/h3-6,8,11-12,27-28H,7,9-10H2,1-2H3,(H,26,29)/t12-/m0/s1. The van der Waals surface area contributed by atoms with E-state index in [1.807, 2.05) is 0 Å². The monoisotopic (exact) mass is 428 g/mol. The Balaban J connectivity index is 1.90. The Hall–Kier alpha value is -3.46. The van der Waals surface area contributed by atoms with E-state index >= 15 is 0 Å². The molecular formula is C22H22F2N4O3. The molecule has 3 aromatic rings. The van der Waals surface area contributed by atoms with Crippen molar-refractivity contribution in [1.82, 2.24) is 15.3 Å². The molecule has 3 N–H and O–H groups in total. The number of methoxy groups -OCH3 is 2. The second kappa shape index (κ2) is 8.73. The minimum absolute atomic E-state index is 0.00856. The van der Waals surface area contributed by atoms with Crippen LogP contribution in [0.4, 0.5) is 20.2 Å². The maximum absolute atomic E-state index is 14.6. The van der Waals surface area contributed by atoms with E-state index in [1.54, 1.807) is 13.2 Å². The molecule has 1 aliphatic heterocycles. The highest BCUT2D eigenvalue weighted by Crippen LogP contribution is 2.42. The number of anilines is 2. The van der Waals surface area contributed by atoms with Gasteiger partial charge in [0, 0.05) is 43.6 Å². The minimum atomic E-state index is -0.559. The number of carbonyl (C=O) groups excluding carboxylic acids is 1. The molecule has 0 fully saturated rings. The molecule has 0 saturated heterocycles. The number of nitrogens with zero attached hydrogens (tertiary/aromatic N) is 1. The SMILES string of the molecule is COCC[C@H]1CNC(=O)c2c1[nH]c(-c1ccncc1F)c2Nc1cccc(F)c1OC. The van der Waals surface area contributed by atoms with Crippen molar-refractivity contribution in [2.24, 2.45) is 0 Å². The van der Waals surface area contributed by atoms with Crippen molar-refractivity contribution in [3.05, 3.63) is 59.6 Å². The van der Waals surface area contributed by atoms with Gasteiger partial charge in [-0.1, -0.05) is 6.07 Å². The van der Waals surface area contributed by atoms with Crippen molar-refractivity contribution >= 4 is 17.3 Å².